The van der Waals surface area contributed by atoms with Crippen molar-refractivity contribution in [2.24, 2.45) is 21.5 Å². The highest BCUT2D eigenvalue weighted by Gasteiger charge is 2.27. The van der Waals surface area contributed by atoms with Gasteiger partial charge in [0.15, 0.2) is 0 Å². The van der Waals surface area contributed by atoms with E-state index < -0.39 is 17.8 Å². The van der Waals surface area contributed by atoms with Gasteiger partial charge in [0.1, 0.15) is 17.3 Å². The quantitative estimate of drug-likeness (QED) is 0.342. The Morgan fingerprint density at radius 2 is 2.14 bits per heavy atom. The Morgan fingerprint density at radius 1 is 1.37 bits per heavy atom. The predicted octanol–water partition coefficient (Wildman–Crippen LogP) is 2.43. The number of hydrogen-bond donors (Lipinski definition) is 4. The van der Waals surface area contributed by atoms with Crippen molar-refractivity contribution in [2.45, 2.75) is 25.3 Å². The molecule has 1 atom stereocenters. The number of amidine groups is 1. The van der Waals surface area contributed by atoms with Crippen molar-refractivity contribution in [1.82, 2.24) is 15.5 Å². The van der Waals surface area contributed by atoms with E-state index in [1.54, 1.807) is 4.90 Å². The molecule has 2 heterocycles. The second-order valence-corrected chi connectivity index (χ2v) is 8.09. The summed E-state index contributed by atoms with van der Waals surface area (Å²) in [6.45, 7) is 1.72. The summed E-state index contributed by atoms with van der Waals surface area (Å²) in [4.78, 5) is 21.7. The number of nitrogens with one attached hydrogen (secondary N) is 2. The summed E-state index contributed by atoms with van der Waals surface area (Å²) in [7, 11) is 2.97. The molecule has 0 spiro atoms. The molecule has 2 amide bonds. The van der Waals surface area contributed by atoms with Crippen LogP contribution in [0.4, 0.5) is 23.7 Å². The second kappa shape index (κ2) is 11.7. The van der Waals surface area contributed by atoms with Crippen LogP contribution in [0.5, 0.6) is 0 Å². The average molecular weight is 494 g/mol. The van der Waals surface area contributed by atoms with Crippen molar-refractivity contribution in [2.75, 3.05) is 40.4 Å². The largest absolute Gasteiger partial charge is 0.404 e. The number of aliphatic imine (C=N–C) groups is 2. The lowest BCUT2D eigenvalue weighted by Gasteiger charge is -2.32. The Hall–Kier alpha value is -3.54. The number of nitrogens with two attached hydrogens (primary N) is 2. The first-order valence-corrected chi connectivity index (χ1v) is 11.1. The summed E-state index contributed by atoms with van der Waals surface area (Å²) >= 11 is 0. The molecule has 1 aromatic carbocycles. The summed E-state index contributed by atoms with van der Waals surface area (Å²) in [6, 6.07) is 1.66. The van der Waals surface area contributed by atoms with E-state index in [0.29, 0.717) is 31.8 Å². The number of benzene rings is 1. The number of hydrogen-bond acceptors (Lipinski definition) is 6. The topological polar surface area (TPSA) is 130 Å². The molecule has 1 aromatic rings. The van der Waals surface area contributed by atoms with E-state index in [1.165, 1.54) is 20.3 Å². The standard InChI is InChI=1S/C23H30F3N7O2/c1-29-10-13(9-27)15-7-18(24)20(8-16(15)21(25)26)32-22(28)17-11-33(23(34)30-2)5-3-19(17)31-14-4-6-35-12-14/h7-10,14,21,31H,3-6,11-12,27H2,1-2H3,(H2,28,32)(H,30,34)/t14-/m0/s1. The van der Waals surface area contributed by atoms with Crippen molar-refractivity contribution >= 4 is 29.3 Å². The van der Waals surface area contributed by atoms with Gasteiger partial charge in [0, 0.05) is 68.5 Å². The number of carbonyl (C=O) groups is 1. The second-order valence-electron chi connectivity index (χ2n) is 8.09. The van der Waals surface area contributed by atoms with Crippen LogP contribution >= 0.6 is 0 Å². The number of urea groups is 1. The predicted molar refractivity (Wildman–Crippen MR) is 129 cm³/mol. The van der Waals surface area contributed by atoms with E-state index in [-0.39, 0.29) is 41.3 Å². The SMILES string of the molecule is CN=CC(=CN)c1cc(F)c(N=C(N)C2=C(N[C@H]3CCOC3)CCN(C(=O)NC)C2)cc1C(F)F. The molecule has 0 saturated carbocycles. The molecule has 35 heavy (non-hydrogen) atoms. The fourth-order valence-electron chi connectivity index (χ4n) is 4.02. The molecule has 2 aliphatic rings. The van der Waals surface area contributed by atoms with Gasteiger partial charge in [-0.1, -0.05) is 0 Å². The van der Waals surface area contributed by atoms with Crippen molar-refractivity contribution in [3.8, 4) is 0 Å². The molecule has 2 aliphatic heterocycles. The molecule has 190 valence electrons. The molecular formula is C23H30F3N7O2. The van der Waals surface area contributed by atoms with Crippen LogP contribution in [0.1, 0.15) is 30.4 Å². The Morgan fingerprint density at radius 3 is 2.74 bits per heavy atom. The Kier molecular flexibility index (Phi) is 8.74. The normalized spacial score (nSPS) is 19.7. The molecule has 0 aromatic heterocycles. The van der Waals surface area contributed by atoms with Gasteiger partial charge in [-0.2, -0.15) is 0 Å². The molecule has 3 rings (SSSR count). The lowest BCUT2D eigenvalue weighted by atomic mass is 9.99. The molecule has 1 fully saturated rings. The van der Waals surface area contributed by atoms with Crippen LogP contribution < -0.4 is 22.1 Å². The maximum absolute atomic E-state index is 15.0. The minimum absolute atomic E-state index is 0.0718. The van der Waals surface area contributed by atoms with Gasteiger partial charge in [0.05, 0.1) is 19.2 Å². The van der Waals surface area contributed by atoms with Crippen LogP contribution in [0.3, 0.4) is 0 Å². The third-order valence-electron chi connectivity index (χ3n) is 5.82. The molecule has 0 unspecified atom stereocenters. The highest BCUT2D eigenvalue weighted by atomic mass is 19.3. The number of ether oxygens (including phenoxy) is 1. The van der Waals surface area contributed by atoms with Gasteiger partial charge in [-0.05, 0) is 24.1 Å². The highest BCUT2D eigenvalue weighted by Crippen LogP contribution is 2.33. The first-order valence-electron chi connectivity index (χ1n) is 11.1. The zero-order valence-corrected chi connectivity index (χ0v) is 19.7. The Bertz CT molecular complexity index is 1060. The number of halogens is 3. The van der Waals surface area contributed by atoms with Crippen LogP contribution in [-0.4, -0.2) is 69.4 Å². The number of carbonyl (C=O) groups excluding carboxylic acids is 1. The maximum Gasteiger partial charge on any atom is 0.317 e. The maximum atomic E-state index is 15.0. The van der Waals surface area contributed by atoms with Crippen molar-refractivity contribution in [1.29, 1.82) is 0 Å². The molecule has 9 nitrogen and oxygen atoms in total. The number of alkyl halides is 2. The minimum Gasteiger partial charge on any atom is -0.404 e. The summed E-state index contributed by atoms with van der Waals surface area (Å²) in [5.74, 6) is -0.925. The molecular weight excluding hydrogens is 463 g/mol. The Labute approximate surface area is 201 Å². The highest BCUT2D eigenvalue weighted by molar-refractivity contribution is 6.10. The van der Waals surface area contributed by atoms with Crippen molar-refractivity contribution in [3.63, 3.8) is 0 Å². The molecule has 1 saturated heterocycles. The fraction of sp³-hybridized carbons (Fsp3) is 0.435. The number of rotatable bonds is 7. The summed E-state index contributed by atoms with van der Waals surface area (Å²) in [6.07, 6.45) is 0.704. The average Bonchev–Trinajstić information content (AvgIpc) is 3.36. The van der Waals surface area contributed by atoms with Crippen molar-refractivity contribution in [3.05, 3.63) is 46.5 Å². The molecule has 0 bridgehead atoms. The molecule has 6 N–H and O–H groups in total. The van der Waals surface area contributed by atoms with Gasteiger partial charge in [-0.25, -0.2) is 23.0 Å². The van der Waals surface area contributed by atoms with E-state index in [0.717, 1.165) is 30.5 Å². The number of nitrogens with zero attached hydrogens (tertiary/aromatic N) is 3. The summed E-state index contributed by atoms with van der Waals surface area (Å²) < 4.78 is 48.1. The monoisotopic (exact) mass is 493 g/mol. The molecule has 0 aliphatic carbocycles. The number of amides is 2. The lowest BCUT2D eigenvalue weighted by molar-refractivity contribution is 0.151. The van der Waals surface area contributed by atoms with E-state index in [2.05, 4.69) is 20.6 Å². The van der Waals surface area contributed by atoms with Gasteiger partial charge >= 0.3 is 6.03 Å². The fourth-order valence-corrected chi connectivity index (χ4v) is 4.02. The van der Waals surface area contributed by atoms with E-state index in [1.807, 2.05) is 0 Å². The van der Waals surface area contributed by atoms with Gasteiger partial charge in [0.25, 0.3) is 6.43 Å². The van der Waals surface area contributed by atoms with Crippen LogP contribution in [-0.2, 0) is 4.74 Å². The van der Waals surface area contributed by atoms with Gasteiger partial charge in [-0.15, -0.1) is 0 Å². The van der Waals surface area contributed by atoms with Gasteiger partial charge in [-0.3, -0.25) is 4.99 Å². The first kappa shape index (κ1) is 26.1. The third kappa shape index (κ3) is 6.13. The first-order chi connectivity index (χ1) is 16.8. The zero-order chi connectivity index (χ0) is 25.5. The lowest BCUT2D eigenvalue weighted by Crippen LogP contribution is -2.46. The van der Waals surface area contributed by atoms with Gasteiger partial charge < -0.3 is 31.7 Å². The van der Waals surface area contributed by atoms with Crippen molar-refractivity contribution < 1.29 is 22.7 Å². The summed E-state index contributed by atoms with van der Waals surface area (Å²) in [5, 5.41) is 5.96. The molecule has 0 radical (unpaired) electrons. The smallest absolute Gasteiger partial charge is 0.317 e. The van der Waals surface area contributed by atoms with Gasteiger partial charge in [0.2, 0.25) is 0 Å². The third-order valence-corrected chi connectivity index (χ3v) is 5.82. The van der Waals surface area contributed by atoms with Crippen LogP contribution in [0.2, 0.25) is 0 Å². The van der Waals surface area contributed by atoms with E-state index in [4.69, 9.17) is 16.2 Å². The zero-order valence-electron chi connectivity index (χ0n) is 19.7. The van der Waals surface area contributed by atoms with E-state index >= 15 is 0 Å². The summed E-state index contributed by atoms with van der Waals surface area (Å²) in [5.41, 5.74) is 12.3. The minimum atomic E-state index is -2.92. The van der Waals surface area contributed by atoms with Crippen LogP contribution in [0.15, 0.2) is 39.6 Å². The Balaban J connectivity index is 2.03. The van der Waals surface area contributed by atoms with E-state index in [9.17, 15) is 18.0 Å². The van der Waals surface area contributed by atoms with Crippen LogP contribution in [0, 0.1) is 5.82 Å². The number of allylic oxidation sites excluding steroid dienone is 1. The van der Waals surface area contributed by atoms with Crippen LogP contribution in [0.25, 0.3) is 5.57 Å². The molecule has 12 heteroatoms.